The zero-order valence-corrected chi connectivity index (χ0v) is 14.4. The zero-order valence-electron chi connectivity index (χ0n) is 14.4. The summed E-state index contributed by atoms with van der Waals surface area (Å²) in [5.41, 5.74) is 1.98. The van der Waals surface area contributed by atoms with Gasteiger partial charge in [-0.3, -0.25) is 4.79 Å². The van der Waals surface area contributed by atoms with Gasteiger partial charge in [-0.1, -0.05) is 50.1 Å². The molecule has 0 amide bonds. The number of phenolic OH excluding ortho intramolecular Hbond substituents is 1. The molecule has 0 aliphatic carbocycles. The van der Waals surface area contributed by atoms with Gasteiger partial charge in [-0.25, -0.2) is 4.68 Å². The van der Waals surface area contributed by atoms with Gasteiger partial charge in [-0.05, 0) is 41.8 Å². The van der Waals surface area contributed by atoms with Crippen molar-refractivity contribution >= 4 is 22.9 Å². The fourth-order valence-corrected chi connectivity index (χ4v) is 2.76. The van der Waals surface area contributed by atoms with Crippen LogP contribution in [0.4, 0.5) is 0 Å². The van der Waals surface area contributed by atoms with Crippen LogP contribution in [0.25, 0.3) is 22.9 Å². The van der Waals surface area contributed by atoms with Crippen molar-refractivity contribution in [2.75, 3.05) is 0 Å². The smallest absolute Gasteiger partial charge is 0.274 e. The summed E-state index contributed by atoms with van der Waals surface area (Å²) in [5.74, 6) is 0.254. The van der Waals surface area contributed by atoms with Crippen LogP contribution in [0, 0.1) is 0 Å². The van der Waals surface area contributed by atoms with Gasteiger partial charge < -0.3 is 5.11 Å². The minimum absolute atomic E-state index is 0.0253. The van der Waals surface area contributed by atoms with E-state index in [0.717, 1.165) is 35.8 Å². The fourth-order valence-electron chi connectivity index (χ4n) is 2.76. The van der Waals surface area contributed by atoms with Crippen LogP contribution in [-0.2, 0) is 6.54 Å². The molecule has 0 saturated carbocycles. The van der Waals surface area contributed by atoms with Crippen molar-refractivity contribution < 1.29 is 5.11 Å². The molecule has 1 N–H and O–H groups in total. The maximum atomic E-state index is 12.5. The van der Waals surface area contributed by atoms with E-state index in [1.165, 1.54) is 0 Å². The molecule has 3 aromatic rings. The third-order valence-corrected chi connectivity index (χ3v) is 4.21. The highest BCUT2D eigenvalue weighted by atomic mass is 16.3. The van der Waals surface area contributed by atoms with E-state index >= 15 is 0 Å². The van der Waals surface area contributed by atoms with E-state index in [0.29, 0.717) is 11.9 Å². The molecule has 0 unspecified atom stereocenters. The Morgan fingerprint density at radius 1 is 1.04 bits per heavy atom. The minimum atomic E-state index is -0.0253. The molecule has 4 heteroatoms. The predicted molar refractivity (Wildman–Crippen MR) is 103 cm³/mol. The second-order valence-electron chi connectivity index (χ2n) is 6.15. The van der Waals surface area contributed by atoms with Crippen LogP contribution in [0.2, 0.25) is 0 Å². The Balaban J connectivity index is 1.84. The third-order valence-electron chi connectivity index (χ3n) is 4.21. The number of phenols is 1. The second-order valence-corrected chi connectivity index (χ2v) is 6.15. The molecular formula is C21H22N2O2. The first-order valence-electron chi connectivity index (χ1n) is 8.64. The molecule has 4 nitrogen and oxygen atoms in total. The van der Waals surface area contributed by atoms with Gasteiger partial charge in [-0.2, -0.15) is 5.10 Å². The monoisotopic (exact) mass is 334 g/mol. The second kappa shape index (κ2) is 7.79. The minimum Gasteiger partial charge on any atom is -0.508 e. The number of fused-ring (bicyclic) bond motifs is 1. The van der Waals surface area contributed by atoms with Crippen molar-refractivity contribution in [1.82, 2.24) is 9.78 Å². The lowest BCUT2D eigenvalue weighted by Gasteiger charge is -2.06. The molecule has 0 aliphatic heterocycles. The number of aromatic hydroxyl groups is 1. The van der Waals surface area contributed by atoms with E-state index in [2.05, 4.69) is 12.0 Å². The van der Waals surface area contributed by atoms with E-state index in [-0.39, 0.29) is 11.3 Å². The normalized spacial score (nSPS) is 11.4. The number of unbranched alkanes of at least 4 members (excludes halogenated alkanes) is 2. The molecule has 1 aromatic heterocycles. The van der Waals surface area contributed by atoms with Crippen molar-refractivity contribution in [3.8, 4) is 5.75 Å². The molecule has 2 aromatic carbocycles. The average Bonchev–Trinajstić information content (AvgIpc) is 2.63. The molecule has 3 rings (SSSR count). The summed E-state index contributed by atoms with van der Waals surface area (Å²) in [6.45, 7) is 2.81. The number of benzene rings is 2. The maximum Gasteiger partial charge on any atom is 0.274 e. The van der Waals surface area contributed by atoms with Crippen LogP contribution in [0.1, 0.15) is 37.3 Å². The highest BCUT2D eigenvalue weighted by Crippen LogP contribution is 2.16. The summed E-state index contributed by atoms with van der Waals surface area (Å²) in [5, 5.41) is 15.2. The molecule has 128 valence electrons. The van der Waals surface area contributed by atoms with Gasteiger partial charge >= 0.3 is 0 Å². The number of rotatable bonds is 6. The van der Waals surface area contributed by atoms with Gasteiger partial charge in [0.15, 0.2) is 0 Å². The summed E-state index contributed by atoms with van der Waals surface area (Å²) < 4.78 is 1.56. The summed E-state index contributed by atoms with van der Waals surface area (Å²) in [4.78, 5) is 12.5. The number of aryl methyl sites for hydroxylation is 1. The standard InChI is InChI=1S/C21H22N2O2/c1-2-3-4-13-23-21(25)20-12-9-17(14-18(20)15-22-23)6-5-16-7-10-19(24)11-8-16/h5-12,14-15,24H,2-4,13H2,1H3. The quantitative estimate of drug-likeness (QED) is 0.535. The van der Waals surface area contributed by atoms with E-state index in [4.69, 9.17) is 0 Å². The Morgan fingerprint density at radius 3 is 2.52 bits per heavy atom. The number of hydrogen-bond acceptors (Lipinski definition) is 3. The number of nitrogens with zero attached hydrogens (tertiary/aromatic N) is 2. The van der Waals surface area contributed by atoms with E-state index in [1.807, 2.05) is 42.5 Å². The molecule has 0 fully saturated rings. The Hall–Kier alpha value is -2.88. The number of aromatic nitrogens is 2. The highest BCUT2D eigenvalue weighted by Gasteiger charge is 2.04. The zero-order chi connectivity index (χ0) is 17.6. The van der Waals surface area contributed by atoms with Crippen molar-refractivity contribution in [3.05, 3.63) is 70.1 Å². The lowest BCUT2D eigenvalue weighted by Crippen LogP contribution is -2.22. The van der Waals surface area contributed by atoms with Crippen LogP contribution in [-0.4, -0.2) is 14.9 Å². The molecule has 1 heterocycles. The van der Waals surface area contributed by atoms with Crippen LogP contribution >= 0.6 is 0 Å². The molecule has 0 bridgehead atoms. The first-order valence-corrected chi connectivity index (χ1v) is 8.64. The maximum absolute atomic E-state index is 12.5. The van der Waals surface area contributed by atoms with Gasteiger partial charge in [-0.15, -0.1) is 0 Å². The van der Waals surface area contributed by atoms with E-state index < -0.39 is 0 Å². The lowest BCUT2D eigenvalue weighted by molar-refractivity contribution is 0.475. The predicted octanol–water partition coefficient (Wildman–Crippen LogP) is 4.46. The van der Waals surface area contributed by atoms with Crippen molar-refractivity contribution in [2.45, 2.75) is 32.7 Å². The molecule has 25 heavy (non-hydrogen) atoms. The Bertz CT molecular complexity index is 940. The molecule has 0 saturated heterocycles. The fraction of sp³-hybridized carbons (Fsp3) is 0.238. The largest absolute Gasteiger partial charge is 0.508 e. The summed E-state index contributed by atoms with van der Waals surface area (Å²) >= 11 is 0. The average molecular weight is 334 g/mol. The van der Waals surface area contributed by atoms with Gasteiger partial charge in [0, 0.05) is 11.9 Å². The van der Waals surface area contributed by atoms with E-state index in [9.17, 15) is 9.90 Å². The first-order chi connectivity index (χ1) is 12.2. The van der Waals surface area contributed by atoms with Crippen molar-refractivity contribution in [1.29, 1.82) is 0 Å². The van der Waals surface area contributed by atoms with E-state index in [1.54, 1.807) is 23.0 Å². The summed E-state index contributed by atoms with van der Waals surface area (Å²) in [6.07, 6.45) is 8.92. The highest BCUT2D eigenvalue weighted by molar-refractivity contribution is 5.84. The number of hydrogen-bond donors (Lipinski definition) is 1. The molecule has 0 atom stereocenters. The van der Waals surface area contributed by atoms with Gasteiger partial charge in [0.2, 0.25) is 0 Å². The Morgan fingerprint density at radius 2 is 1.76 bits per heavy atom. The molecular weight excluding hydrogens is 312 g/mol. The molecule has 0 aliphatic rings. The molecule has 0 spiro atoms. The first kappa shape index (κ1) is 17.0. The molecule has 0 radical (unpaired) electrons. The van der Waals surface area contributed by atoms with Gasteiger partial charge in [0.1, 0.15) is 5.75 Å². The van der Waals surface area contributed by atoms with Gasteiger partial charge in [0.05, 0.1) is 11.6 Å². The third kappa shape index (κ3) is 4.15. The van der Waals surface area contributed by atoms with Crippen molar-refractivity contribution in [3.63, 3.8) is 0 Å². The Kier molecular flexibility index (Phi) is 5.29. The summed E-state index contributed by atoms with van der Waals surface area (Å²) in [7, 11) is 0. The van der Waals surface area contributed by atoms with Crippen LogP contribution in [0.5, 0.6) is 5.75 Å². The Labute approximate surface area is 147 Å². The van der Waals surface area contributed by atoms with Crippen LogP contribution < -0.4 is 5.56 Å². The van der Waals surface area contributed by atoms with Crippen molar-refractivity contribution in [2.24, 2.45) is 0 Å². The van der Waals surface area contributed by atoms with Crippen LogP contribution in [0.15, 0.2) is 53.5 Å². The SMILES string of the molecule is CCCCCn1ncc2cc(C=Cc3ccc(O)cc3)ccc2c1=O. The lowest BCUT2D eigenvalue weighted by atomic mass is 10.1. The summed E-state index contributed by atoms with van der Waals surface area (Å²) in [6, 6.07) is 12.8. The topological polar surface area (TPSA) is 55.1 Å². The van der Waals surface area contributed by atoms with Gasteiger partial charge in [0.25, 0.3) is 5.56 Å². The van der Waals surface area contributed by atoms with Crippen LogP contribution in [0.3, 0.4) is 0 Å².